The molecule has 2 nitrogen and oxygen atoms in total. The van der Waals surface area contributed by atoms with Crippen LogP contribution in [0.1, 0.15) is 28.8 Å². The van der Waals surface area contributed by atoms with Gasteiger partial charge in [0.05, 0.1) is 25.8 Å². The molecule has 0 bridgehead atoms. The highest BCUT2D eigenvalue weighted by Gasteiger charge is 2.28. The van der Waals surface area contributed by atoms with Crippen molar-refractivity contribution in [3.63, 3.8) is 0 Å². The Kier molecular flexibility index (Phi) is 5.85. The van der Waals surface area contributed by atoms with Crippen LogP contribution >= 0.6 is 46.4 Å². The van der Waals surface area contributed by atoms with Gasteiger partial charge in [0.15, 0.2) is 5.78 Å². The van der Waals surface area contributed by atoms with Crippen LogP contribution in [0, 0.1) is 12.8 Å². The van der Waals surface area contributed by atoms with Crippen molar-refractivity contribution in [3.8, 4) is 0 Å². The largest absolute Gasteiger partial charge is 0.370 e. The molecule has 3 rings (SSSR count). The first-order chi connectivity index (χ1) is 11.9. The Hall–Kier alpha value is -0.930. The average Bonchev–Trinajstić information content (AvgIpc) is 2.61. The molecule has 0 N–H and O–H groups in total. The molecule has 1 heterocycles. The summed E-state index contributed by atoms with van der Waals surface area (Å²) in [6.45, 7) is 3.54. The number of nitrogens with zero attached hydrogens (tertiary/aromatic N) is 1. The summed E-state index contributed by atoms with van der Waals surface area (Å²) in [5.41, 5.74) is 2.67. The first-order valence-corrected chi connectivity index (χ1v) is 9.58. The molecule has 1 aliphatic rings. The van der Waals surface area contributed by atoms with Crippen molar-refractivity contribution in [1.82, 2.24) is 0 Å². The molecule has 0 amide bonds. The summed E-state index contributed by atoms with van der Waals surface area (Å²) in [6.07, 6.45) is 1.53. The molecular formula is C19H17Cl4NO. The van der Waals surface area contributed by atoms with E-state index < -0.39 is 0 Å². The van der Waals surface area contributed by atoms with Crippen LogP contribution in [-0.4, -0.2) is 18.9 Å². The van der Waals surface area contributed by atoms with E-state index >= 15 is 0 Å². The van der Waals surface area contributed by atoms with Crippen molar-refractivity contribution in [2.45, 2.75) is 19.8 Å². The predicted octanol–water partition coefficient (Wildman–Crippen LogP) is 6.71. The number of aryl methyl sites for hydroxylation is 1. The molecule has 0 aromatic heterocycles. The van der Waals surface area contributed by atoms with Gasteiger partial charge in [0.25, 0.3) is 0 Å². The monoisotopic (exact) mass is 415 g/mol. The molecule has 0 saturated carbocycles. The maximum Gasteiger partial charge on any atom is 0.166 e. The van der Waals surface area contributed by atoms with E-state index in [0.29, 0.717) is 25.7 Å². The van der Waals surface area contributed by atoms with Gasteiger partial charge in [-0.15, -0.1) is 0 Å². The van der Waals surface area contributed by atoms with Gasteiger partial charge in [-0.2, -0.15) is 0 Å². The van der Waals surface area contributed by atoms with Crippen LogP contribution in [0.2, 0.25) is 20.1 Å². The third-order valence-electron chi connectivity index (χ3n) is 4.66. The summed E-state index contributed by atoms with van der Waals surface area (Å²) in [5, 5.41) is 2.00. The van der Waals surface area contributed by atoms with E-state index in [0.717, 1.165) is 37.2 Å². The van der Waals surface area contributed by atoms with E-state index in [-0.39, 0.29) is 11.7 Å². The number of halogens is 4. The molecule has 1 aliphatic heterocycles. The minimum Gasteiger partial charge on any atom is -0.370 e. The number of hydrogen-bond acceptors (Lipinski definition) is 2. The average molecular weight is 417 g/mol. The zero-order valence-electron chi connectivity index (χ0n) is 13.7. The SMILES string of the molecule is Cc1ccc(Cl)c(Cl)c1N1CCC(C(=O)c2ccc(Cl)c(Cl)c2)CC1. The lowest BCUT2D eigenvalue weighted by Gasteiger charge is -2.34. The molecule has 0 spiro atoms. The van der Waals surface area contributed by atoms with Gasteiger partial charge in [0.1, 0.15) is 0 Å². The zero-order valence-corrected chi connectivity index (χ0v) is 16.7. The van der Waals surface area contributed by atoms with Gasteiger partial charge in [-0.1, -0.05) is 52.5 Å². The summed E-state index contributed by atoms with van der Waals surface area (Å²) < 4.78 is 0. The normalized spacial score (nSPS) is 15.5. The molecular weight excluding hydrogens is 400 g/mol. The van der Waals surface area contributed by atoms with Crippen molar-refractivity contribution in [3.05, 3.63) is 61.5 Å². The molecule has 0 unspecified atom stereocenters. The maximum atomic E-state index is 12.7. The second-order valence-corrected chi connectivity index (χ2v) is 7.88. The fourth-order valence-corrected chi connectivity index (χ4v) is 4.06. The van der Waals surface area contributed by atoms with Crippen molar-refractivity contribution < 1.29 is 4.79 Å². The molecule has 1 fully saturated rings. The summed E-state index contributed by atoms with van der Waals surface area (Å²) in [4.78, 5) is 14.9. The summed E-state index contributed by atoms with van der Waals surface area (Å²) >= 11 is 24.5. The standard InChI is InChI=1S/C19H17Cl4NO/c1-11-2-4-15(21)17(23)18(11)24-8-6-12(7-9-24)19(25)13-3-5-14(20)16(22)10-13/h2-5,10,12H,6-9H2,1H3. The molecule has 6 heteroatoms. The zero-order chi connectivity index (χ0) is 18.1. The van der Waals surface area contributed by atoms with Gasteiger partial charge in [-0.25, -0.2) is 0 Å². The number of Topliss-reactive ketones (excluding diaryl/α,β-unsaturated/α-hetero) is 1. The van der Waals surface area contributed by atoms with Crippen LogP contribution in [0.3, 0.4) is 0 Å². The van der Waals surface area contributed by atoms with E-state index in [1.165, 1.54) is 0 Å². The highest BCUT2D eigenvalue weighted by atomic mass is 35.5. The Morgan fingerprint density at radius 1 is 0.960 bits per heavy atom. The minimum atomic E-state index is -0.0215. The third kappa shape index (κ3) is 3.93. The number of anilines is 1. The van der Waals surface area contributed by atoms with Gasteiger partial charge >= 0.3 is 0 Å². The molecule has 2 aromatic carbocycles. The van der Waals surface area contributed by atoms with Crippen molar-refractivity contribution in [2.75, 3.05) is 18.0 Å². The molecule has 0 atom stereocenters. The van der Waals surface area contributed by atoms with Crippen molar-refractivity contribution in [2.24, 2.45) is 5.92 Å². The highest BCUT2D eigenvalue weighted by Crippen LogP contribution is 2.38. The first-order valence-electron chi connectivity index (χ1n) is 8.07. The number of piperidine rings is 1. The number of ketones is 1. The number of hydrogen-bond donors (Lipinski definition) is 0. The lowest BCUT2D eigenvalue weighted by Crippen LogP contribution is -2.37. The van der Waals surface area contributed by atoms with Crippen molar-refractivity contribution >= 4 is 57.9 Å². The van der Waals surface area contributed by atoms with E-state index in [4.69, 9.17) is 46.4 Å². The maximum absolute atomic E-state index is 12.7. The first kappa shape index (κ1) is 18.8. The van der Waals surface area contributed by atoms with Crippen LogP contribution in [0.15, 0.2) is 30.3 Å². The van der Waals surface area contributed by atoms with Crippen LogP contribution in [-0.2, 0) is 0 Å². The van der Waals surface area contributed by atoms with Gasteiger partial charge in [0, 0.05) is 24.6 Å². The Bertz CT molecular complexity index is 813. The minimum absolute atomic E-state index is 0.0215. The number of carbonyl (C=O) groups is 1. The smallest absolute Gasteiger partial charge is 0.166 e. The van der Waals surface area contributed by atoms with Gasteiger partial charge in [-0.3, -0.25) is 4.79 Å². The Morgan fingerprint density at radius 3 is 2.24 bits per heavy atom. The summed E-state index contributed by atoms with van der Waals surface area (Å²) in [6, 6.07) is 8.83. The summed E-state index contributed by atoms with van der Waals surface area (Å²) in [7, 11) is 0. The molecule has 1 saturated heterocycles. The molecule has 25 heavy (non-hydrogen) atoms. The number of carbonyl (C=O) groups excluding carboxylic acids is 1. The fraction of sp³-hybridized carbons (Fsp3) is 0.316. The topological polar surface area (TPSA) is 20.3 Å². The molecule has 0 radical (unpaired) electrons. The second-order valence-electron chi connectivity index (χ2n) is 6.28. The van der Waals surface area contributed by atoms with E-state index in [1.54, 1.807) is 18.2 Å². The van der Waals surface area contributed by atoms with Gasteiger partial charge in [-0.05, 0) is 49.6 Å². The van der Waals surface area contributed by atoms with Crippen LogP contribution < -0.4 is 4.90 Å². The molecule has 2 aromatic rings. The number of benzene rings is 2. The molecule has 132 valence electrons. The van der Waals surface area contributed by atoms with Crippen LogP contribution in [0.4, 0.5) is 5.69 Å². The van der Waals surface area contributed by atoms with Crippen molar-refractivity contribution in [1.29, 1.82) is 0 Å². The third-order valence-corrected chi connectivity index (χ3v) is 6.19. The highest BCUT2D eigenvalue weighted by molar-refractivity contribution is 6.44. The molecule has 0 aliphatic carbocycles. The van der Waals surface area contributed by atoms with Gasteiger partial charge < -0.3 is 4.90 Å². The second kappa shape index (κ2) is 7.75. The number of rotatable bonds is 3. The van der Waals surface area contributed by atoms with E-state index in [2.05, 4.69) is 4.90 Å². The fourth-order valence-electron chi connectivity index (χ4n) is 3.28. The van der Waals surface area contributed by atoms with Crippen LogP contribution in [0.5, 0.6) is 0 Å². The van der Waals surface area contributed by atoms with Crippen LogP contribution in [0.25, 0.3) is 0 Å². The Morgan fingerprint density at radius 2 is 1.60 bits per heavy atom. The Labute approximate surface area is 167 Å². The predicted molar refractivity (Wildman–Crippen MR) is 107 cm³/mol. The lowest BCUT2D eigenvalue weighted by molar-refractivity contribution is 0.0900. The van der Waals surface area contributed by atoms with E-state index in [1.807, 2.05) is 19.1 Å². The summed E-state index contributed by atoms with van der Waals surface area (Å²) in [5.74, 6) is 0.0962. The Balaban J connectivity index is 1.73. The lowest BCUT2D eigenvalue weighted by atomic mass is 9.88. The van der Waals surface area contributed by atoms with Gasteiger partial charge in [0.2, 0.25) is 0 Å². The van der Waals surface area contributed by atoms with E-state index in [9.17, 15) is 4.79 Å². The quantitative estimate of drug-likeness (QED) is 0.518.